The van der Waals surface area contributed by atoms with Crippen LogP contribution in [0.15, 0.2) is 93.3 Å². The molecular formula is C24H20N4OS2. The second kappa shape index (κ2) is 8.24. The van der Waals surface area contributed by atoms with Gasteiger partial charge in [0.1, 0.15) is 9.93 Å². The van der Waals surface area contributed by atoms with E-state index in [1.54, 1.807) is 28.9 Å². The highest BCUT2D eigenvalue weighted by molar-refractivity contribution is 8.19. The lowest BCUT2D eigenvalue weighted by atomic mass is 10.2. The number of amidine groups is 1. The number of pyridine rings is 1. The number of benzene rings is 2. The van der Waals surface area contributed by atoms with Crippen LogP contribution in [0.2, 0.25) is 0 Å². The number of rotatable bonds is 4. The molecule has 31 heavy (non-hydrogen) atoms. The SMILES string of the molecule is C=CCN1C(=O)/C(=C2/Sc3ccccc3N2CC)SC1=Nc1ccc2ncccc2c1. The molecule has 154 valence electrons. The zero-order valence-corrected chi connectivity index (χ0v) is 18.6. The molecule has 1 saturated heterocycles. The van der Waals surface area contributed by atoms with E-state index in [0.717, 1.165) is 33.9 Å². The van der Waals surface area contributed by atoms with E-state index >= 15 is 0 Å². The molecule has 5 rings (SSSR count). The van der Waals surface area contributed by atoms with Crippen molar-refractivity contribution < 1.29 is 4.79 Å². The molecule has 1 amide bonds. The van der Waals surface area contributed by atoms with Gasteiger partial charge < -0.3 is 4.90 Å². The van der Waals surface area contributed by atoms with E-state index in [1.807, 2.05) is 42.5 Å². The number of hydrogen-bond donors (Lipinski definition) is 0. The van der Waals surface area contributed by atoms with Gasteiger partial charge in [-0.3, -0.25) is 14.7 Å². The predicted octanol–water partition coefficient (Wildman–Crippen LogP) is 5.79. The Morgan fingerprint density at radius 2 is 1.97 bits per heavy atom. The summed E-state index contributed by atoms with van der Waals surface area (Å²) in [5, 5.41) is 2.66. The van der Waals surface area contributed by atoms with Gasteiger partial charge in [0.25, 0.3) is 5.91 Å². The number of aromatic nitrogens is 1. The van der Waals surface area contributed by atoms with Crippen LogP contribution < -0.4 is 4.90 Å². The van der Waals surface area contributed by atoms with Crippen molar-refractivity contribution in [3.8, 4) is 0 Å². The third kappa shape index (κ3) is 3.54. The van der Waals surface area contributed by atoms with Crippen molar-refractivity contribution in [2.75, 3.05) is 18.0 Å². The molecule has 0 N–H and O–H groups in total. The number of carbonyl (C=O) groups excluding carboxylic acids is 1. The van der Waals surface area contributed by atoms with Gasteiger partial charge in [0, 0.05) is 29.6 Å². The van der Waals surface area contributed by atoms with Gasteiger partial charge in [0.2, 0.25) is 0 Å². The predicted molar refractivity (Wildman–Crippen MR) is 131 cm³/mol. The average Bonchev–Trinajstić information content (AvgIpc) is 3.31. The number of para-hydroxylation sites is 1. The minimum Gasteiger partial charge on any atom is -0.334 e. The summed E-state index contributed by atoms with van der Waals surface area (Å²) in [5.41, 5.74) is 2.87. The molecule has 0 aliphatic carbocycles. The summed E-state index contributed by atoms with van der Waals surface area (Å²) in [4.78, 5) is 28.4. The van der Waals surface area contributed by atoms with Gasteiger partial charge >= 0.3 is 0 Å². The van der Waals surface area contributed by atoms with Crippen molar-refractivity contribution in [2.24, 2.45) is 4.99 Å². The van der Waals surface area contributed by atoms with Crippen molar-refractivity contribution in [1.82, 2.24) is 9.88 Å². The molecule has 7 heteroatoms. The highest BCUT2D eigenvalue weighted by atomic mass is 32.2. The third-order valence-electron chi connectivity index (χ3n) is 5.10. The van der Waals surface area contributed by atoms with Crippen LogP contribution in [0.5, 0.6) is 0 Å². The van der Waals surface area contributed by atoms with Gasteiger partial charge in [-0.15, -0.1) is 6.58 Å². The molecule has 1 fully saturated rings. The molecule has 5 nitrogen and oxygen atoms in total. The maximum atomic E-state index is 13.4. The molecule has 0 atom stereocenters. The van der Waals surface area contributed by atoms with Gasteiger partial charge in [0.15, 0.2) is 5.17 Å². The molecule has 2 aliphatic heterocycles. The van der Waals surface area contributed by atoms with Gasteiger partial charge in [0.05, 0.1) is 16.9 Å². The van der Waals surface area contributed by atoms with Gasteiger partial charge in [-0.05, 0) is 55.1 Å². The van der Waals surface area contributed by atoms with Crippen LogP contribution >= 0.6 is 23.5 Å². The van der Waals surface area contributed by atoms with E-state index < -0.39 is 0 Å². The first-order chi connectivity index (χ1) is 15.2. The Labute approximate surface area is 189 Å². The molecule has 0 spiro atoms. The van der Waals surface area contributed by atoms with Crippen molar-refractivity contribution in [3.63, 3.8) is 0 Å². The number of aliphatic imine (C=N–C) groups is 1. The fourth-order valence-corrected chi connectivity index (χ4v) is 6.07. The van der Waals surface area contributed by atoms with E-state index in [0.29, 0.717) is 16.6 Å². The highest BCUT2D eigenvalue weighted by Crippen LogP contribution is 2.50. The third-order valence-corrected chi connectivity index (χ3v) is 7.48. The molecule has 0 saturated carbocycles. The topological polar surface area (TPSA) is 48.8 Å². The normalized spacial score (nSPS) is 19.5. The highest BCUT2D eigenvalue weighted by Gasteiger charge is 2.39. The van der Waals surface area contributed by atoms with Crippen molar-refractivity contribution in [3.05, 3.63) is 83.4 Å². The van der Waals surface area contributed by atoms with Crippen LogP contribution in [0.4, 0.5) is 11.4 Å². The van der Waals surface area contributed by atoms with Gasteiger partial charge in [-0.25, -0.2) is 4.99 Å². The molecular weight excluding hydrogens is 424 g/mol. The van der Waals surface area contributed by atoms with Crippen LogP contribution in [0.1, 0.15) is 6.92 Å². The Morgan fingerprint density at radius 1 is 1.10 bits per heavy atom. The Morgan fingerprint density at radius 3 is 2.81 bits per heavy atom. The smallest absolute Gasteiger partial charge is 0.269 e. The fourth-order valence-electron chi connectivity index (χ4n) is 3.67. The van der Waals surface area contributed by atoms with E-state index in [-0.39, 0.29) is 5.91 Å². The van der Waals surface area contributed by atoms with E-state index in [2.05, 4.69) is 35.5 Å². The lowest BCUT2D eigenvalue weighted by Crippen LogP contribution is -2.30. The minimum absolute atomic E-state index is 0.0279. The Bertz CT molecular complexity index is 1270. The Kier molecular flexibility index (Phi) is 5.29. The first-order valence-corrected chi connectivity index (χ1v) is 11.7. The van der Waals surface area contributed by atoms with E-state index in [4.69, 9.17) is 4.99 Å². The second-order valence-corrected chi connectivity index (χ2v) is 9.04. The molecule has 0 unspecified atom stereocenters. The molecule has 2 aliphatic rings. The van der Waals surface area contributed by atoms with Crippen molar-refractivity contribution in [1.29, 1.82) is 0 Å². The molecule has 2 aromatic carbocycles. The molecule has 0 bridgehead atoms. The van der Waals surface area contributed by atoms with Crippen LogP contribution in [-0.4, -0.2) is 34.0 Å². The summed E-state index contributed by atoms with van der Waals surface area (Å²) in [6.07, 6.45) is 3.51. The monoisotopic (exact) mass is 444 g/mol. The zero-order chi connectivity index (χ0) is 21.4. The lowest BCUT2D eigenvalue weighted by Gasteiger charge is -2.19. The number of anilines is 1. The standard InChI is InChI=1S/C24H20N4OS2/c1-3-14-28-22(29)21(23-27(4-2)19-9-5-6-10-20(19)30-23)31-24(28)26-17-11-12-18-16(15-17)8-7-13-25-18/h3,5-13,15H,1,4,14H2,2H3/b23-21-,26-24?. The number of nitrogens with zero attached hydrogens (tertiary/aromatic N) is 4. The lowest BCUT2D eigenvalue weighted by molar-refractivity contribution is -0.121. The van der Waals surface area contributed by atoms with Gasteiger partial charge in [-0.2, -0.15) is 0 Å². The van der Waals surface area contributed by atoms with E-state index in [9.17, 15) is 4.79 Å². The Balaban J connectivity index is 1.56. The van der Waals surface area contributed by atoms with Crippen molar-refractivity contribution in [2.45, 2.75) is 11.8 Å². The minimum atomic E-state index is -0.0279. The van der Waals surface area contributed by atoms with Crippen LogP contribution in [-0.2, 0) is 4.79 Å². The van der Waals surface area contributed by atoms with Crippen LogP contribution in [0.3, 0.4) is 0 Å². The number of hydrogen-bond acceptors (Lipinski definition) is 6. The average molecular weight is 445 g/mol. The number of thioether (sulfide) groups is 2. The first kappa shape index (κ1) is 19.9. The summed E-state index contributed by atoms with van der Waals surface area (Å²) in [5.74, 6) is -0.0279. The first-order valence-electron chi connectivity index (χ1n) is 10.0. The van der Waals surface area contributed by atoms with Crippen LogP contribution in [0.25, 0.3) is 10.9 Å². The largest absolute Gasteiger partial charge is 0.334 e. The molecule has 3 aromatic rings. The van der Waals surface area contributed by atoms with Gasteiger partial charge in [-0.1, -0.05) is 36.0 Å². The number of amides is 1. The maximum Gasteiger partial charge on any atom is 0.269 e. The summed E-state index contributed by atoms with van der Waals surface area (Å²) in [6.45, 7) is 7.14. The quantitative estimate of drug-likeness (QED) is 0.377. The summed E-state index contributed by atoms with van der Waals surface area (Å²) in [6, 6.07) is 18.1. The van der Waals surface area contributed by atoms with Crippen LogP contribution in [0, 0.1) is 0 Å². The number of fused-ring (bicyclic) bond motifs is 2. The van der Waals surface area contributed by atoms with Crippen molar-refractivity contribution >= 4 is 56.9 Å². The fraction of sp³-hybridized carbons (Fsp3) is 0.125. The molecule has 3 heterocycles. The summed E-state index contributed by atoms with van der Waals surface area (Å²) in [7, 11) is 0. The summed E-state index contributed by atoms with van der Waals surface area (Å²) >= 11 is 3.08. The zero-order valence-electron chi connectivity index (χ0n) is 17.0. The molecule has 1 aromatic heterocycles. The maximum absolute atomic E-state index is 13.4. The molecule has 0 radical (unpaired) electrons. The Hall–Kier alpha value is -3.03. The second-order valence-electron chi connectivity index (χ2n) is 7.03. The van der Waals surface area contributed by atoms with E-state index in [1.165, 1.54) is 16.7 Å². The number of carbonyl (C=O) groups is 1. The summed E-state index contributed by atoms with van der Waals surface area (Å²) < 4.78 is 0.